The number of hydrogen-bond acceptors (Lipinski definition) is 2. The van der Waals surface area contributed by atoms with Gasteiger partial charge in [0, 0.05) is 22.1 Å². The van der Waals surface area contributed by atoms with Gasteiger partial charge in [-0.3, -0.25) is 0 Å². The van der Waals surface area contributed by atoms with E-state index in [1.54, 1.807) is 13.0 Å². The van der Waals surface area contributed by atoms with Gasteiger partial charge in [-0.1, -0.05) is 28.9 Å². The van der Waals surface area contributed by atoms with Crippen LogP contribution in [0.5, 0.6) is 0 Å². The van der Waals surface area contributed by atoms with Crippen molar-refractivity contribution in [3.05, 3.63) is 33.9 Å². The molecule has 0 saturated carbocycles. The number of benzene rings is 1. The summed E-state index contributed by atoms with van der Waals surface area (Å²) >= 11 is 3.39. The van der Waals surface area contributed by atoms with Crippen LogP contribution < -0.4 is 5.32 Å². The van der Waals surface area contributed by atoms with E-state index in [0.717, 1.165) is 17.0 Å². The van der Waals surface area contributed by atoms with Crippen molar-refractivity contribution in [1.29, 1.82) is 0 Å². The minimum Gasteiger partial charge on any atom is -0.384 e. The van der Waals surface area contributed by atoms with E-state index in [2.05, 4.69) is 26.2 Å². The molecule has 0 radical (unpaired) electrons. The van der Waals surface area contributed by atoms with Gasteiger partial charge in [0.15, 0.2) is 0 Å². The minimum absolute atomic E-state index is 0.368. The fourth-order valence-electron chi connectivity index (χ4n) is 1.98. The van der Waals surface area contributed by atoms with Crippen LogP contribution in [0.3, 0.4) is 0 Å². The van der Waals surface area contributed by atoms with Crippen LogP contribution >= 0.6 is 15.9 Å². The largest absolute Gasteiger partial charge is 0.433 e. The molecule has 0 atom stereocenters. The van der Waals surface area contributed by atoms with E-state index < -0.39 is 11.9 Å². The van der Waals surface area contributed by atoms with Crippen LogP contribution in [0.1, 0.15) is 24.6 Å². The predicted molar refractivity (Wildman–Crippen MR) is 78.0 cm³/mol. The molecule has 0 bridgehead atoms. The van der Waals surface area contributed by atoms with Crippen molar-refractivity contribution in [2.45, 2.75) is 26.4 Å². The first-order valence-corrected chi connectivity index (χ1v) is 7.04. The van der Waals surface area contributed by atoms with Gasteiger partial charge >= 0.3 is 6.18 Å². The molecule has 6 heteroatoms. The molecule has 0 spiro atoms. The van der Waals surface area contributed by atoms with Crippen molar-refractivity contribution >= 4 is 32.5 Å². The van der Waals surface area contributed by atoms with Crippen LogP contribution in [0.4, 0.5) is 18.9 Å². The zero-order valence-corrected chi connectivity index (χ0v) is 12.7. The molecule has 0 amide bonds. The molecule has 1 aromatic heterocycles. The van der Waals surface area contributed by atoms with Crippen LogP contribution in [0.15, 0.2) is 22.7 Å². The molecule has 0 aliphatic carbocycles. The lowest BCUT2D eigenvalue weighted by Gasteiger charge is -2.15. The van der Waals surface area contributed by atoms with Gasteiger partial charge in [-0.15, -0.1) is 0 Å². The highest BCUT2D eigenvalue weighted by molar-refractivity contribution is 9.10. The van der Waals surface area contributed by atoms with Gasteiger partial charge in [-0.2, -0.15) is 13.2 Å². The van der Waals surface area contributed by atoms with Crippen molar-refractivity contribution in [2.75, 3.05) is 11.9 Å². The summed E-state index contributed by atoms with van der Waals surface area (Å²) in [6.07, 6.45) is -3.62. The topological polar surface area (TPSA) is 24.9 Å². The Balaban J connectivity index is 2.74. The molecule has 0 aliphatic heterocycles. The smallest absolute Gasteiger partial charge is 0.384 e. The average Bonchev–Trinajstić information content (AvgIpc) is 2.39. The molecule has 20 heavy (non-hydrogen) atoms. The zero-order chi connectivity index (χ0) is 14.9. The summed E-state index contributed by atoms with van der Waals surface area (Å²) < 4.78 is 39.6. The summed E-state index contributed by atoms with van der Waals surface area (Å²) in [4.78, 5) is 3.78. The third kappa shape index (κ3) is 2.90. The van der Waals surface area contributed by atoms with E-state index in [0.29, 0.717) is 28.7 Å². The van der Waals surface area contributed by atoms with Crippen molar-refractivity contribution in [1.82, 2.24) is 4.98 Å². The number of nitrogens with zero attached hydrogens (tertiary/aromatic N) is 1. The molecule has 0 aliphatic rings. The first-order chi connectivity index (χ1) is 9.34. The molecule has 1 heterocycles. The van der Waals surface area contributed by atoms with Gasteiger partial charge in [-0.25, -0.2) is 4.98 Å². The summed E-state index contributed by atoms with van der Waals surface area (Å²) in [7, 11) is 0. The van der Waals surface area contributed by atoms with Crippen LogP contribution in [0.2, 0.25) is 0 Å². The number of pyridine rings is 1. The van der Waals surface area contributed by atoms with Crippen LogP contribution in [-0.4, -0.2) is 11.5 Å². The summed E-state index contributed by atoms with van der Waals surface area (Å²) in [5.41, 5.74) is 0.672. The Kier molecular flexibility index (Phi) is 4.22. The minimum atomic E-state index is -4.45. The van der Waals surface area contributed by atoms with Gasteiger partial charge < -0.3 is 5.32 Å². The van der Waals surface area contributed by atoms with E-state index >= 15 is 0 Å². The SMILES string of the molecule is CCCNc1cc(C(F)(F)F)nc2c(C)ccc(Br)c12. The van der Waals surface area contributed by atoms with Crippen LogP contribution in [0.25, 0.3) is 10.9 Å². The molecule has 2 rings (SSSR count). The number of rotatable bonds is 3. The molecule has 2 aromatic rings. The maximum Gasteiger partial charge on any atom is 0.433 e. The third-order valence-corrected chi connectivity index (χ3v) is 3.63. The number of nitrogens with one attached hydrogen (secondary N) is 1. The maximum atomic E-state index is 12.9. The number of fused-ring (bicyclic) bond motifs is 1. The molecule has 1 aromatic carbocycles. The molecule has 1 N–H and O–H groups in total. The Labute approximate surface area is 123 Å². The highest BCUT2D eigenvalue weighted by Crippen LogP contribution is 2.37. The van der Waals surface area contributed by atoms with Crippen molar-refractivity contribution in [3.8, 4) is 0 Å². The second-order valence-corrected chi connectivity index (χ2v) is 5.42. The lowest BCUT2D eigenvalue weighted by Crippen LogP contribution is -2.11. The monoisotopic (exact) mass is 346 g/mol. The average molecular weight is 347 g/mol. The van der Waals surface area contributed by atoms with Crippen molar-refractivity contribution in [3.63, 3.8) is 0 Å². The molecule has 0 fully saturated rings. The normalized spacial score (nSPS) is 11.9. The van der Waals surface area contributed by atoms with Crippen molar-refractivity contribution in [2.24, 2.45) is 0 Å². The summed E-state index contributed by atoms with van der Waals surface area (Å²) in [5, 5.41) is 3.73. The predicted octanol–water partition coefficient (Wildman–Crippen LogP) is 5.15. The van der Waals surface area contributed by atoms with Gasteiger partial charge in [0.2, 0.25) is 0 Å². The number of aryl methyl sites for hydroxylation is 1. The lowest BCUT2D eigenvalue weighted by molar-refractivity contribution is -0.140. The number of halogens is 4. The Morgan fingerprint density at radius 1 is 1.30 bits per heavy atom. The van der Waals surface area contributed by atoms with Gasteiger partial charge in [0.05, 0.1) is 5.52 Å². The molecule has 0 saturated heterocycles. The van der Waals surface area contributed by atoms with E-state index in [-0.39, 0.29) is 0 Å². The Morgan fingerprint density at radius 2 is 2.00 bits per heavy atom. The summed E-state index contributed by atoms with van der Waals surface area (Å²) in [6, 6.07) is 4.65. The highest BCUT2D eigenvalue weighted by atomic mass is 79.9. The maximum absolute atomic E-state index is 12.9. The van der Waals surface area contributed by atoms with Crippen LogP contribution in [0, 0.1) is 6.92 Å². The van der Waals surface area contributed by atoms with Gasteiger partial charge in [0.1, 0.15) is 5.69 Å². The molecular formula is C14H14BrF3N2. The molecule has 2 nitrogen and oxygen atoms in total. The third-order valence-electron chi connectivity index (χ3n) is 2.97. The van der Waals surface area contributed by atoms with Crippen LogP contribution in [-0.2, 0) is 6.18 Å². The lowest BCUT2D eigenvalue weighted by atomic mass is 10.1. The number of anilines is 1. The van der Waals surface area contributed by atoms with E-state index in [1.807, 2.05) is 13.0 Å². The second-order valence-electron chi connectivity index (χ2n) is 4.57. The molecule has 108 valence electrons. The first-order valence-electron chi connectivity index (χ1n) is 6.25. The Morgan fingerprint density at radius 3 is 2.60 bits per heavy atom. The second kappa shape index (κ2) is 5.60. The number of alkyl halides is 3. The fraction of sp³-hybridized carbons (Fsp3) is 0.357. The zero-order valence-electron chi connectivity index (χ0n) is 11.1. The van der Waals surface area contributed by atoms with Gasteiger partial charge in [-0.05, 0) is 31.0 Å². The van der Waals surface area contributed by atoms with E-state index in [9.17, 15) is 13.2 Å². The quantitative estimate of drug-likeness (QED) is 0.831. The number of hydrogen-bond donors (Lipinski definition) is 1. The fourth-order valence-corrected chi connectivity index (χ4v) is 2.51. The van der Waals surface area contributed by atoms with Crippen molar-refractivity contribution < 1.29 is 13.2 Å². The first kappa shape index (κ1) is 15.1. The highest BCUT2D eigenvalue weighted by Gasteiger charge is 2.33. The molecule has 0 unspecified atom stereocenters. The number of aromatic nitrogens is 1. The Bertz CT molecular complexity index is 638. The standard InChI is InChI=1S/C14H14BrF3N2/c1-3-6-19-10-7-11(14(16,17)18)20-13-8(2)4-5-9(15)12(10)13/h4-5,7H,3,6H2,1-2H3,(H,19,20). The Hall–Kier alpha value is -1.30. The summed E-state index contributed by atoms with van der Waals surface area (Å²) in [6.45, 7) is 4.32. The van der Waals surface area contributed by atoms with E-state index in [1.165, 1.54) is 0 Å². The summed E-state index contributed by atoms with van der Waals surface area (Å²) in [5.74, 6) is 0. The van der Waals surface area contributed by atoms with E-state index in [4.69, 9.17) is 0 Å². The molecular weight excluding hydrogens is 333 g/mol. The van der Waals surface area contributed by atoms with Gasteiger partial charge in [0.25, 0.3) is 0 Å².